The van der Waals surface area contributed by atoms with Gasteiger partial charge in [0.25, 0.3) is 5.91 Å². The van der Waals surface area contributed by atoms with Gasteiger partial charge in [0, 0.05) is 23.7 Å². The molecule has 3 unspecified atom stereocenters. The molecule has 6 heteroatoms. The first-order chi connectivity index (χ1) is 15.0. The zero-order valence-electron chi connectivity index (χ0n) is 18.3. The highest BCUT2D eigenvalue weighted by atomic mass is 16.5. The molecule has 6 nitrogen and oxygen atoms in total. The molecule has 3 atom stereocenters. The quantitative estimate of drug-likeness (QED) is 0.751. The van der Waals surface area contributed by atoms with Crippen molar-refractivity contribution in [2.75, 3.05) is 13.7 Å². The summed E-state index contributed by atoms with van der Waals surface area (Å²) in [6.45, 7) is 2.79. The van der Waals surface area contributed by atoms with Gasteiger partial charge in [-0.15, -0.1) is 0 Å². The van der Waals surface area contributed by atoms with Gasteiger partial charge in [0.15, 0.2) is 0 Å². The smallest absolute Gasteiger partial charge is 0.254 e. The molecule has 1 aliphatic heterocycles. The van der Waals surface area contributed by atoms with Crippen LogP contribution in [-0.4, -0.2) is 42.6 Å². The standard InChI is InChI=1S/C25H31N3O3/c1-17-11-13-18(14-12-17)25(30)28(15-19-7-3-6-10-22(19)31-2)16-23-26-21-9-5-4-8-20(21)24(29)27-23/h3,6-7,10-14,20-21,23,26H,4-5,8-9,15-16H2,1-2H3,(H,27,29). The normalized spacial score (nSPS) is 22.9. The molecule has 1 saturated carbocycles. The van der Waals surface area contributed by atoms with Crippen LogP contribution in [0.2, 0.25) is 0 Å². The number of hydrogen-bond acceptors (Lipinski definition) is 4. The van der Waals surface area contributed by atoms with Gasteiger partial charge in [-0.05, 0) is 38.0 Å². The Kier molecular flexibility index (Phi) is 6.56. The summed E-state index contributed by atoms with van der Waals surface area (Å²) in [5.41, 5.74) is 2.68. The summed E-state index contributed by atoms with van der Waals surface area (Å²) in [6, 6.07) is 15.5. The molecule has 2 aromatic rings. The summed E-state index contributed by atoms with van der Waals surface area (Å²) in [5, 5.41) is 6.69. The van der Waals surface area contributed by atoms with Gasteiger partial charge in [-0.3, -0.25) is 14.9 Å². The van der Waals surface area contributed by atoms with E-state index in [1.54, 1.807) is 12.0 Å². The van der Waals surface area contributed by atoms with Crippen molar-refractivity contribution >= 4 is 11.8 Å². The minimum Gasteiger partial charge on any atom is -0.496 e. The number of para-hydroxylation sites is 1. The third kappa shape index (κ3) is 4.90. The second-order valence-electron chi connectivity index (χ2n) is 8.59. The lowest BCUT2D eigenvalue weighted by atomic mass is 9.82. The van der Waals surface area contributed by atoms with Gasteiger partial charge in [0.1, 0.15) is 5.75 Å². The van der Waals surface area contributed by atoms with Crippen molar-refractivity contribution in [3.8, 4) is 5.75 Å². The Morgan fingerprint density at radius 1 is 1.10 bits per heavy atom. The van der Waals surface area contributed by atoms with Crippen LogP contribution < -0.4 is 15.4 Å². The number of nitrogens with one attached hydrogen (secondary N) is 2. The molecule has 2 fully saturated rings. The number of hydrogen-bond donors (Lipinski definition) is 2. The first kappa shape index (κ1) is 21.4. The molecule has 2 amide bonds. The molecular weight excluding hydrogens is 390 g/mol. The summed E-state index contributed by atoms with van der Waals surface area (Å²) in [7, 11) is 1.64. The van der Waals surface area contributed by atoms with Crippen LogP contribution in [0.1, 0.15) is 47.2 Å². The SMILES string of the molecule is COc1ccccc1CN(CC1NC(=O)C2CCCCC2N1)C(=O)c1ccc(C)cc1. The van der Waals surface area contributed by atoms with Crippen LogP contribution in [0.25, 0.3) is 0 Å². The molecule has 2 N–H and O–H groups in total. The molecule has 1 saturated heterocycles. The van der Waals surface area contributed by atoms with Gasteiger partial charge >= 0.3 is 0 Å². The molecule has 4 rings (SSSR count). The van der Waals surface area contributed by atoms with Crippen molar-refractivity contribution in [2.45, 2.75) is 51.4 Å². The monoisotopic (exact) mass is 421 g/mol. The van der Waals surface area contributed by atoms with Crippen LogP contribution >= 0.6 is 0 Å². The number of benzene rings is 2. The molecule has 0 bridgehead atoms. The molecule has 2 aliphatic rings. The molecule has 1 aliphatic carbocycles. The van der Waals surface area contributed by atoms with E-state index in [-0.39, 0.29) is 29.9 Å². The zero-order valence-corrected chi connectivity index (χ0v) is 18.3. The average Bonchev–Trinajstić information content (AvgIpc) is 2.79. The topological polar surface area (TPSA) is 70.7 Å². The number of methoxy groups -OCH3 is 1. The van der Waals surface area contributed by atoms with Gasteiger partial charge in [-0.25, -0.2) is 0 Å². The van der Waals surface area contributed by atoms with E-state index in [1.807, 2.05) is 55.5 Å². The molecule has 0 spiro atoms. The molecule has 0 radical (unpaired) electrons. The Bertz CT molecular complexity index is 928. The molecule has 1 heterocycles. The van der Waals surface area contributed by atoms with Crippen LogP contribution in [-0.2, 0) is 11.3 Å². The van der Waals surface area contributed by atoms with E-state index in [1.165, 1.54) is 0 Å². The summed E-state index contributed by atoms with van der Waals surface area (Å²) in [5.74, 6) is 0.832. The lowest BCUT2D eigenvalue weighted by Gasteiger charge is -2.41. The highest BCUT2D eigenvalue weighted by Crippen LogP contribution is 2.27. The van der Waals surface area contributed by atoms with Crippen LogP contribution in [0.3, 0.4) is 0 Å². The van der Waals surface area contributed by atoms with E-state index in [9.17, 15) is 9.59 Å². The molecule has 164 valence electrons. The van der Waals surface area contributed by atoms with Crippen molar-refractivity contribution in [1.29, 1.82) is 0 Å². The lowest BCUT2D eigenvalue weighted by Crippen LogP contribution is -2.65. The first-order valence-corrected chi connectivity index (χ1v) is 11.1. The minimum absolute atomic E-state index is 0.0421. The number of fused-ring (bicyclic) bond motifs is 1. The number of rotatable bonds is 6. The third-order valence-electron chi connectivity index (χ3n) is 6.38. The van der Waals surface area contributed by atoms with Crippen LogP contribution in [0, 0.1) is 12.8 Å². The summed E-state index contributed by atoms with van der Waals surface area (Å²) in [6.07, 6.45) is 3.92. The van der Waals surface area contributed by atoms with E-state index in [4.69, 9.17) is 4.74 Å². The van der Waals surface area contributed by atoms with E-state index in [2.05, 4.69) is 10.6 Å². The van der Waals surface area contributed by atoms with Crippen molar-refractivity contribution < 1.29 is 14.3 Å². The second-order valence-corrected chi connectivity index (χ2v) is 8.59. The fourth-order valence-electron chi connectivity index (χ4n) is 4.68. The summed E-state index contributed by atoms with van der Waals surface area (Å²) >= 11 is 0. The minimum atomic E-state index is -0.268. The number of carbonyl (C=O) groups is 2. The molecule has 2 aromatic carbocycles. The fraction of sp³-hybridized carbons (Fsp3) is 0.440. The number of nitrogens with zero attached hydrogens (tertiary/aromatic N) is 1. The number of carbonyl (C=O) groups excluding carboxylic acids is 2. The Labute approximate surface area is 184 Å². The molecule has 31 heavy (non-hydrogen) atoms. The zero-order chi connectivity index (χ0) is 21.8. The Morgan fingerprint density at radius 2 is 1.84 bits per heavy atom. The van der Waals surface area contributed by atoms with E-state index >= 15 is 0 Å². The maximum absolute atomic E-state index is 13.4. The number of ether oxygens (including phenoxy) is 1. The highest BCUT2D eigenvalue weighted by Gasteiger charge is 2.38. The largest absolute Gasteiger partial charge is 0.496 e. The lowest BCUT2D eigenvalue weighted by molar-refractivity contribution is -0.131. The maximum atomic E-state index is 13.4. The third-order valence-corrected chi connectivity index (χ3v) is 6.38. The summed E-state index contributed by atoms with van der Waals surface area (Å²) in [4.78, 5) is 27.9. The number of amides is 2. The molecule has 0 aromatic heterocycles. The van der Waals surface area contributed by atoms with E-state index < -0.39 is 0 Å². The van der Waals surface area contributed by atoms with Gasteiger partial charge in [0.2, 0.25) is 5.91 Å². The maximum Gasteiger partial charge on any atom is 0.254 e. The van der Waals surface area contributed by atoms with Gasteiger partial charge in [-0.2, -0.15) is 0 Å². The second kappa shape index (κ2) is 9.52. The van der Waals surface area contributed by atoms with Crippen molar-refractivity contribution in [2.24, 2.45) is 5.92 Å². The predicted molar refractivity (Wildman–Crippen MR) is 120 cm³/mol. The molecular formula is C25H31N3O3. The Hall–Kier alpha value is -2.86. The van der Waals surface area contributed by atoms with E-state index in [0.29, 0.717) is 18.7 Å². The van der Waals surface area contributed by atoms with Crippen molar-refractivity contribution in [3.63, 3.8) is 0 Å². The summed E-state index contributed by atoms with van der Waals surface area (Å²) < 4.78 is 5.50. The average molecular weight is 422 g/mol. The van der Waals surface area contributed by atoms with Crippen molar-refractivity contribution in [1.82, 2.24) is 15.5 Å². The van der Waals surface area contributed by atoms with Crippen LogP contribution in [0.15, 0.2) is 48.5 Å². The number of aryl methyl sites for hydroxylation is 1. The van der Waals surface area contributed by atoms with Gasteiger partial charge in [0.05, 0.1) is 25.7 Å². The fourth-order valence-corrected chi connectivity index (χ4v) is 4.68. The first-order valence-electron chi connectivity index (χ1n) is 11.1. The van der Waals surface area contributed by atoms with Crippen molar-refractivity contribution in [3.05, 3.63) is 65.2 Å². The Morgan fingerprint density at radius 3 is 2.61 bits per heavy atom. The predicted octanol–water partition coefficient (Wildman–Crippen LogP) is 3.25. The van der Waals surface area contributed by atoms with Crippen LogP contribution in [0.5, 0.6) is 5.75 Å². The van der Waals surface area contributed by atoms with Crippen LogP contribution in [0.4, 0.5) is 0 Å². The van der Waals surface area contributed by atoms with E-state index in [0.717, 1.165) is 42.6 Å². The van der Waals surface area contributed by atoms with Gasteiger partial charge < -0.3 is 15.0 Å². The highest BCUT2D eigenvalue weighted by molar-refractivity contribution is 5.94. The van der Waals surface area contributed by atoms with Gasteiger partial charge in [-0.1, -0.05) is 48.7 Å². The Balaban J connectivity index is 1.56.